The van der Waals surface area contributed by atoms with Gasteiger partial charge in [0, 0.05) is 10.9 Å². The number of aromatic hydroxyl groups is 1. The van der Waals surface area contributed by atoms with Crippen molar-refractivity contribution in [3.8, 4) is 5.75 Å². The maximum atomic E-state index is 13.4. The van der Waals surface area contributed by atoms with Gasteiger partial charge in [-0.1, -0.05) is 0 Å². The fourth-order valence-corrected chi connectivity index (χ4v) is 2.82. The summed E-state index contributed by atoms with van der Waals surface area (Å²) in [5, 5.41) is 11.7. The van der Waals surface area contributed by atoms with Gasteiger partial charge in [-0.05, 0) is 40.2 Å². The molecular formula is C12H9BrFNO2S. The number of amides is 1. The Hall–Kier alpha value is -1.40. The summed E-state index contributed by atoms with van der Waals surface area (Å²) in [4.78, 5) is 12.7. The summed E-state index contributed by atoms with van der Waals surface area (Å²) in [6.07, 6.45) is 0. The fraction of sp³-hybridized carbons (Fsp3) is 0.0833. The number of benzene rings is 1. The minimum absolute atomic E-state index is 0.0802. The molecule has 2 N–H and O–H groups in total. The number of nitrogens with one attached hydrogen (secondary N) is 1. The average molecular weight is 330 g/mol. The van der Waals surface area contributed by atoms with E-state index in [1.54, 1.807) is 0 Å². The Labute approximate surface area is 115 Å². The zero-order chi connectivity index (χ0) is 13.1. The van der Waals surface area contributed by atoms with E-state index in [-0.39, 0.29) is 11.3 Å². The molecular weight excluding hydrogens is 321 g/mol. The predicted molar refractivity (Wildman–Crippen MR) is 71.3 cm³/mol. The largest absolute Gasteiger partial charge is 0.508 e. The summed E-state index contributed by atoms with van der Waals surface area (Å²) in [6, 6.07) is 7.20. The van der Waals surface area contributed by atoms with E-state index in [4.69, 9.17) is 5.11 Å². The van der Waals surface area contributed by atoms with Crippen LogP contribution in [0.2, 0.25) is 0 Å². The van der Waals surface area contributed by atoms with Gasteiger partial charge in [-0.2, -0.15) is 0 Å². The number of rotatable bonds is 3. The number of carbonyl (C=O) groups is 1. The smallest absolute Gasteiger partial charge is 0.254 e. The second-order valence-corrected chi connectivity index (χ2v) is 6.10. The van der Waals surface area contributed by atoms with Gasteiger partial charge in [-0.15, -0.1) is 11.3 Å². The molecule has 2 aromatic rings. The van der Waals surface area contributed by atoms with E-state index in [0.717, 1.165) is 14.7 Å². The number of halogens is 2. The van der Waals surface area contributed by atoms with Crippen LogP contribution in [0.5, 0.6) is 5.75 Å². The lowest BCUT2D eigenvalue weighted by molar-refractivity contribution is 0.0947. The molecule has 0 aliphatic carbocycles. The van der Waals surface area contributed by atoms with Crippen LogP contribution in [0.1, 0.15) is 15.2 Å². The first-order valence-corrected chi connectivity index (χ1v) is 6.68. The van der Waals surface area contributed by atoms with Crippen LogP contribution >= 0.6 is 27.3 Å². The molecule has 1 amide bonds. The molecule has 3 nitrogen and oxygen atoms in total. The monoisotopic (exact) mass is 329 g/mol. The van der Waals surface area contributed by atoms with Gasteiger partial charge in [0.05, 0.1) is 15.9 Å². The van der Waals surface area contributed by atoms with Gasteiger partial charge in [0.2, 0.25) is 0 Å². The van der Waals surface area contributed by atoms with Crippen LogP contribution in [0.3, 0.4) is 0 Å². The van der Waals surface area contributed by atoms with Crippen molar-refractivity contribution in [2.24, 2.45) is 0 Å². The van der Waals surface area contributed by atoms with Gasteiger partial charge in [-0.25, -0.2) is 4.39 Å². The number of phenolic OH excluding ortho intramolecular Hbond substituents is 1. The molecule has 0 aliphatic rings. The van der Waals surface area contributed by atoms with Crippen molar-refractivity contribution < 1.29 is 14.3 Å². The van der Waals surface area contributed by atoms with E-state index in [2.05, 4.69) is 21.2 Å². The number of thiophene rings is 1. The summed E-state index contributed by atoms with van der Waals surface area (Å²) in [6.45, 7) is 0.343. The molecule has 18 heavy (non-hydrogen) atoms. The first-order chi connectivity index (χ1) is 8.56. The molecule has 0 spiro atoms. The van der Waals surface area contributed by atoms with E-state index in [1.807, 2.05) is 12.1 Å². The van der Waals surface area contributed by atoms with Gasteiger partial charge in [0.15, 0.2) is 0 Å². The molecule has 0 saturated heterocycles. The van der Waals surface area contributed by atoms with Crippen LogP contribution in [0, 0.1) is 5.82 Å². The van der Waals surface area contributed by atoms with Crippen LogP contribution in [-0.2, 0) is 6.54 Å². The van der Waals surface area contributed by atoms with E-state index >= 15 is 0 Å². The number of hydrogen-bond acceptors (Lipinski definition) is 3. The molecule has 0 saturated carbocycles. The van der Waals surface area contributed by atoms with Crippen molar-refractivity contribution in [2.75, 3.05) is 0 Å². The van der Waals surface area contributed by atoms with Crippen LogP contribution in [-0.4, -0.2) is 11.0 Å². The quantitative estimate of drug-likeness (QED) is 0.907. The highest BCUT2D eigenvalue weighted by atomic mass is 79.9. The van der Waals surface area contributed by atoms with Crippen molar-refractivity contribution in [2.45, 2.75) is 6.54 Å². The second-order valence-electron chi connectivity index (χ2n) is 3.55. The van der Waals surface area contributed by atoms with E-state index < -0.39 is 11.7 Å². The minimum Gasteiger partial charge on any atom is -0.508 e. The van der Waals surface area contributed by atoms with Gasteiger partial charge < -0.3 is 10.4 Å². The lowest BCUT2D eigenvalue weighted by Crippen LogP contribution is -2.23. The molecule has 1 aromatic heterocycles. The lowest BCUT2D eigenvalue weighted by atomic mass is 10.2. The SMILES string of the molecule is O=C(NCc1ccc(Br)s1)c1ccc(O)cc1F. The maximum absolute atomic E-state index is 13.4. The third-order valence-electron chi connectivity index (χ3n) is 2.25. The Balaban J connectivity index is 2.03. The van der Waals surface area contributed by atoms with Gasteiger partial charge in [-0.3, -0.25) is 4.79 Å². The van der Waals surface area contributed by atoms with Crippen LogP contribution < -0.4 is 5.32 Å². The van der Waals surface area contributed by atoms with Crippen molar-refractivity contribution in [3.63, 3.8) is 0 Å². The first-order valence-electron chi connectivity index (χ1n) is 5.07. The Morgan fingerprint density at radius 1 is 1.39 bits per heavy atom. The number of carbonyl (C=O) groups excluding carboxylic acids is 1. The van der Waals surface area contributed by atoms with E-state index in [0.29, 0.717) is 6.54 Å². The van der Waals surface area contributed by atoms with Gasteiger partial charge in [0.1, 0.15) is 11.6 Å². The van der Waals surface area contributed by atoms with Crippen molar-refractivity contribution in [1.82, 2.24) is 5.32 Å². The zero-order valence-electron chi connectivity index (χ0n) is 9.11. The molecule has 94 valence electrons. The van der Waals surface area contributed by atoms with E-state index in [1.165, 1.54) is 23.5 Å². The number of phenols is 1. The molecule has 0 unspecified atom stereocenters. The van der Waals surface area contributed by atoms with Crippen molar-refractivity contribution >= 4 is 33.2 Å². The van der Waals surface area contributed by atoms with Crippen LogP contribution in [0.15, 0.2) is 34.1 Å². The molecule has 1 aromatic carbocycles. The fourth-order valence-electron chi connectivity index (χ4n) is 1.40. The van der Waals surface area contributed by atoms with Crippen LogP contribution in [0.25, 0.3) is 0 Å². The molecule has 0 bridgehead atoms. The van der Waals surface area contributed by atoms with Gasteiger partial charge >= 0.3 is 0 Å². The van der Waals surface area contributed by atoms with Crippen molar-refractivity contribution in [1.29, 1.82) is 0 Å². The molecule has 0 fully saturated rings. The predicted octanol–water partition coefficient (Wildman–Crippen LogP) is 3.29. The topological polar surface area (TPSA) is 49.3 Å². The molecule has 2 rings (SSSR count). The minimum atomic E-state index is -0.736. The molecule has 0 atom stereocenters. The average Bonchev–Trinajstić information content (AvgIpc) is 2.72. The molecule has 0 aliphatic heterocycles. The maximum Gasteiger partial charge on any atom is 0.254 e. The zero-order valence-corrected chi connectivity index (χ0v) is 11.5. The van der Waals surface area contributed by atoms with Crippen LogP contribution in [0.4, 0.5) is 4.39 Å². The highest BCUT2D eigenvalue weighted by Gasteiger charge is 2.12. The Morgan fingerprint density at radius 2 is 2.17 bits per heavy atom. The summed E-state index contributed by atoms with van der Waals surface area (Å²) in [5.41, 5.74) is -0.0802. The van der Waals surface area contributed by atoms with Crippen molar-refractivity contribution in [3.05, 3.63) is 50.4 Å². The summed E-state index contributed by atoms with van der Waals surface area (Å²) < 4.78 is 14.4. The normalized spacial score (nSPS) is 10.3. The third kappa shape index (κ3) is 3.08. The Kier molecular flexibility index (Phi) is 3.98. The highest BCUT2D eigenvalue weighted by molar-refractivity contribution is 9.11. The lowest BCUT2D eigenvalue weighted by Gasteiger charge is -2.05. The molecule has 1 heterocycles. The Bertz CT molecular complexity index is 585. The number of hydrogen-bond donors (Lipinski definition) is 2. The highest BCUT2D eigenvalue weighted by Crippen LogP contribution is 2.22. The second kappa shape index (κ2) is 5.49. The summed E-state index contributed by atoms with van der Waals surface area (Å²) >= 11 is 4.82. The standard InChI is InChI=1S/C12H9BrFNO2S/c13-11-4-2-8(18-11)6-15-12(17)9-3-1-7(16)5-10(9)14/h1-5,16H,6H2,(H,15,17). The molecule has 6 heteroatoms. The molecule has 0 radical (unpaired) electrons. The summed E-state index contributed by atoms with van der Waals surface area (Å²) in [7, 11) is 0. The first kappa shape index (κ1) is 13.0. The summed E-state index contributed by atoms with van der Waals surface area (Å²) in [5.74, 6) is -1.44. The van der Waals surface area contributed by atoms with E-state index in [9.17, 15) is 9.18 Å². The Morgan fingerprint density at radius 3 is 2.78 bits per heavy atom. The van der Waals surface area contributed by atoms with Gasteiger partial charge in [0.25, 0.3) is 5.91 Å². The third-order valence-corrected chi connectivity index (χ3v) is 3.87.